The van der Waals surface area contributed by atoms with Crippen molar-refractivity contribution < 1.29 is 14.3 Å². The number of hydrogen-bond acceptors (Lipinski definition) is 5. The first-order chi connectivity index (χ1) is 10.6. The van der Waals surface area contributed by atoms with E-state index in [0.29, 0.717) is 5.69 Å². The lowest BCUT2D eigenvalue weighted by molar-refractivity contribution is -0.144. The van der Waals surface area contributed by atoms with Gasteiger partial charge in [0.15, 0.2) is 5.69 Å². The zero-order chi connectivity index (χ0) is 15.9. The number of aromatic nitrogens is 3. The van der Waals surface area contributed by atoms with Crippen LogP contribution in [-0.4, -0.2) is 33.5 Å². The molecule has 7 nitrogen and oxygen atoms in total. The van der Waals surface area contributed by atoms with Crippen LogP contribution in [0.3, 0.4) is 0 Å². The summed E-state index contributed by atoms with van der Waals surface area (Å²) in [7, 11) is 0. The number of anilines is 1. The Morgan fingerprint density at radius 1 is 1.36 bits per heavy atom. The molecule has 0 radical (unpaired) electrons. The van der Waals surface area contributed by atoms with Crippen molar-refractivity contribution in [1.82, 2.24) is 15.0 Å². The van der Waals surface area contributed by atoms with E-state index in [2.05, 4.69) is 21.5 Å². The highest BCUT2D eigenvalue weighted by atomic mass is 16.5. The summed E-state index contributed by atoms with van der Waals surface area (Å²) in [6, 6.07) is 6.81. The molecule has 1 N–H and O–H groups in total. The van der Waals surface area contributed by atoms with Crippen molar-refractivity contribution >= 4 is 17.6 Å². The molecule has 2 aromatic rings. The minimum Gasteiger partial charge on any atom is -0.465 e. The van der Waals surface area contributed by atoms with Gasteiger partial charge >= 0.3 is 5.97 Å². The van der Waals surface area contributed by atoms with Crippen LogP contribution in [0.25, 0.3) is 0 Å². The van der Waals surface area contributed by atoms with Crippen LogP contribution >= 0.6 is 0 Å². The van der Waals surface area contributed by atoms with Crippen LogP contribution in [0, 0.1) is 12.3 Å². The molecular formula is C15H14N4O3. The molecular weight excluding hydrogens is 284 g/mol. The molecule has 0 fully saturated rings. The highest BCUT2D eigenvalue weighted by Gasteiger charge is 2.13. The number of esters is 1. The summed E-state index contributed by atoms with van der Waals surface area (Å²) in [6.45, 7) is 1.91. The van der Waals surface area contributed by atoms with E-state index in [1.54, 1.807) is 31.2 Å². The predicted molar refractivity (Wildman–Crippen MR) is 79.0 cm³/mol. The molecule has 0 aliphatic carbocycles. The third kappa shape index (κ3) is 3.93. The van der Waals surface area contributed by atoms with Crippen LogP contribution in [0.1, 0.15) is 23.0 Å². The summed E-state index contributed by atoms with van der Waals surface area (Å²) < 4.78 is 6.03. The van der Waals surface area contributed by atoms with Crippen molar-refractivity contribution in [2.24, 2.45) is 0 Å². The van der Waals surface area contributed by atoms with E-state index in [0.717, 1.165) is 5.56 Å². The first-order valence-electron chi connectivity index (χ1n) is 6.56. The number of ether oxygens (including phenoxy) is 1. The number of hydrogen-bond donors (Lipinski definition) is 1. The fourth-order valence-corrected chi connectivity index (χ4v) is 1.66. The largest absolute Gasteiger partial charge is 0.465 e. The molecule has 1 heterocycles. The van der Waals surface area contributed by atoms with Gasteiger partial charge in [-0.3, -0.25) is 9.59 Å². The SMILES string of the molecule is C#Cc1ccc(NC(=O)c2cn(CC(=O)OCC)nn2)cc1. The van der Waals surface area contributed by atoms with E-state index in [4.69, 9.17) is 11.2 Å². The summed E-state index contributed by atoms with van der Waals surface area (Å²) >= 11 is 0. The predicted octanol–water partition coefficient (Wildman–Crippen LogP) is 1.07. The standard InChI is InChI=1S/C15H14N4O3/c1-3-11-5-7-12(8-6-11)16-15(21)13-9-19(18-17-13)10-14(20)22-4-2/h1,5-9H,4,10H2,2H3,(H,16,21). The van der Waals surface area contributed by atoms with E-state index < -0.39 is 11.9 Å². The molecule has 7 heteroatoms. The van der Waals surface area contributed by atoms with Crippen LogP contribution in [-0.2, 0) is 16.1 Å². The van der Waals surface area contributed by atoms with Gasteiger partial charge < -0.3 is 10.1 Å². The zero-order valence-corrected chi connectivity index (χ0v) is 11.9. The Morgan fingerprint density at radius 2 is 2.09 bits per heavy atom. The van der Waals surface area contributed by atoms with Crippen molar-refractivity contribution in [3.63, 3.8) is 0 Å². The Morgan fingerprint density at radius 3 is 2.73 bits per heavy atom. The average molecular weight is 298 g/mol. The lowest BCUT2D eigenvalue weighted by Gasteiger charge is -2.02. The van der Waals surface area contributed by atoms with Gasteiger partial charge in [-0.2, -0.15) is 0 Å². The topological polar surface area (TPSA) is 86.1 Å². The fraction of sp³-hybridized carbons (Fsp3) is 0.200. The van der Waals surface area contributed by atoms with E-state index >= 15 is 0 Å². The quantitative estimate of drug-likeness (QED) is 0.659. The molecule has 0 unspecified atom stereocenters. The Labute approximate surface area is 127 Å². The maximum absolute atomic E-state index is 12.0. The fourth-order valence-electron chi connectivity index (χ4n) is 1.66. The molecule has 112 valence electrons. The van der Waals surface area contributed by atoms with Gasteiger partial charge in [-0.1, -0.05) is 11.1 Å². The molecule has 0 spiro atoms. The number of amides is 1. The second-order valence-electron chi connectivity index (χ2n) is 4.28. The number of terminal acetylenes is 1. The summed E-state index contributed by atoms with van der Waals surface area (Å²) in [5.41, 5.74) is 1.41. The minimum absolute atomic E-state index is 0.0923. The molecule has 0 aliphatic heterocycles. The van der Waals surface area contributed by atoms with Gasteiger partial charge in [-0.05, 0) is 31.2 Å². The van der Waals surface area contributed by atoms with Gasteiger partial charge in [0.05, 0.1) is 12.8 Å². The van der Waals surface area contributed by atoms with Gasteiger partial charge in [0.25, 0.3) is 5.91 Å². The lowest BCUT2D eigenvalue weighted by atomic mass is 10.2. The highest BCUT2D eigenvalue weighted by Crippen LogP contribution is 2.10. The highest BCUT2D eigenvalue weighted by molar-refractivity contribution is 6.02. The Hall–Kier alpha value is -3.14. The van der Waals surface area contributed by atoms with Gasteiger partial charge in [0.1, 0.15) is 6.54 Å². The number of carbonyl (C=O) groups is 2. The molecule has 0 saturated carbocycles. The Kier molecular flexibility index (Phi) is 4.88. The molecule has 1 amide bonds. The summed E-state index contributed by atoms with van der Waals surface area (Å²) in [5.74, 6) is 1.62. The van der Waals surface area contributed by atoms with Gasteiger partial charge in [-0.15, -0.1) is 11.5 Å². The average Bonchev–Trinajstić information content (AvgIpc) is 2.97. The van der Waals surface area contributed by atoms with E-state index in [-0.39, 0.29) is 18.8 Å². The second-order valence-corrected chi connectivity index (χ2v) is 4.28. The molecule has 0 saturated heterocycles. The summed E-state index contributed by atoms with van der Waals surface area (Å²) in [6.07, 6.45) is 6.64. The minimum atomic E-state index is -0.441. The maximum Gasteiger partial charge on any atom is 0.327 e. The van der Waals surface area contributed by atoms with Crippen molar-refractivity contribution in [2.45, 2.75) is 13.5 Å². The van der Waals surface area contributed by atoms with Gasteiger partial charge in [0, 0.05) is 11.3 Å². The normalized spacial score (nSPS) is 9.82. The van der Waals surface area contributed by atoms with Gasteiger partial charge in [-0.25, -0.2) is 4.68 Å². The lowest BCUT2D eigenvalue weighted by Crippen LogP contribution is -2.14. The van der Waals surface area contributed by atoms with Gasteiger partial charge in [0.2, 0.25) is 0 Å². The van der Waals surface area contributed by atoms with E-state index in [1.165, 1.54) is 10.9 Å². The first-order valence-corrected chi connectivity index (χ1v) is 6.56. The van der Waals surface area contributed by atoms with E-state index in [1.807, 2.05) is 0 Å². The van der Waals surface area contributed by atoms with Crippen LogP contribution in [0.4, 0.5) is 5.69 Å². The smallest absolute Gasteiger partial charge is 0.327 e. The van der Waals surface area contributed by atoms with Crippen molar-refractivity contribution in [2.75, 3.05) is 11.9 Å². The molecule has 1 aromatic heterocycles. The molecule has 0 bridgehead atoms. The van der Waals surface area contributed by atoms with Crippen molar-refractivity contribution in [3.05, 3.63) is 41.7 Å². The monoisotopic (exact) mass is 298 g/mol. The van der Waals surface area contributed by atoms with E-state index in [9.17, 15) is 9.59 Å². The third-order valence-electron chi connectivity index (χ3n) is 2.68. The summed E-state index contributed by atoms with van der Waals surface area (Å²) in [5, 5.41) is 10.1. The number of rotatable bonds is 5. The van der Waals surface area contributed by atoms with Crippen molar-refractivity contribution in [3.8, 4) is 12.3 Å². The Balaban J connectivity index is 1.99. The molecule has 0 aliphatic rings. The van der Waals surface area contributed by atoms with Crippen LogP contribution < -0.4 is 5.32 Å². The number of nitrogens with zero attached hydrogens (tertiary/aromatic N) is 3. The van der Waals surface area contributed by atoms with Crippen LogP contribution in [0.5, 0.6) is 0 Å². The van der Waals surface area contributed by atoms with Crippen LogP contribution in [0.2, 0.25) is 0 Å². The second kappa shape index (κ2) is 7.04. The number of benzene rings is 1. The van der Waals surface area contributed by atoms with Crippen molar-refractivity contribution in [1.29, 1.82) is 0 Å². The first kappa shape index (κ1) is 15.3. The molecule has 0 atom stereocenters. The number of carbonyl (C=O) groups excluding carboxylic acids is 2. The molecule has 1 aromatic carbocycles. The third-order valence-corrected chi connectivity index (χ3v) is 2.68. The molecule has 2 rings (SSSR count). The summed E-state index contributed by atoms with van der Waals surface area (Å²) in [4.78, 5) is 23.3. The zero-order valence-electron chi connectivity index (χ0n) is 11.9. The number of nitrogens with one attached hydrogen (secondary N) is 1. The van der Waals surface area contributed by atoms with Crippen LogP contribution in [0.15, 0.2) is 30.5 Å². The maximum atomic E-state index is 12.0. The molecule has 22 heavy (non-hydrogen) atoms. The Bertz CT molecular complexity index is 713.